The van der Waals surface area contributed by atoms with E-state index in [1.54, 1.807) is 0 Å². The van der Waals surface area contributed by atoms with Gasteiger partial charge in [0.15, 0.2) is 0 Å². The SMILES string of the molecule is CC.CC.CCC.S. The monoisotopic (exact) mass is 138 g/mol. The first-order valence-corrected chi connectivity index (χ1v) is 3.41. The van der Waals surface area contributed by atoms with Gasteiger partial charge in [0.1, 0.15) is 0 Å². The van der Waals surface area contributed by atoms with Crippen LogP contribution >= 0.6 is 13.5 Å². The van der Waals surface area contributed by atoms with Gasteiger partial charge in [0, 0.05) is 0 Å². The molecule has 0 aromatic heterocycles. The fraction of sp³-hybridized carbons (Fsp3) is 1.00. The molecule has 0 heterocycles. The van der Waals surface area contributed by atoms with Crippen molar-refractivity contribution in [2.45, 2.75) is 48.0 Å². The molecule has 0 aromatic carbocycles. The maximum atomic E-state index is 2.12. The van der Waals surface area contributed by atoms with Gasteiger partial charge >= 0.3 is 0 Å². The van der Waals surface area contributed by atoms with Crippen LogP contribution in [0.3, 0.4) is 0 Å². The molecule has 56 valence electrons. The molecule has 0 saturated heterocycles. The number of hydrogen-bond acceptors (Lipinski definition) is 0. The number of hydrogen-bond donors (Lipinski definition) is 0. The van der Waals surface area contributed by atoms with Crippen LogP contribution in [0.1, 0.15) is 48.0 Å². The topological polar surface area (TPSA) is 0 Å². The first kappa shape index (κ1) is 23.8. The van der Waals surface area contributed by atoms with E-state index in [-0.39, 0.29) is 13.5 Å². The van der Waals surface area contributed by atoms with Gasteiger partial charge in [0.05, 0.1) is 0 Å². The van der Waals surface area contributed by atoms with Crippen molar-refractivity contribution in [3.05, 3.63) is 0 Å². The van der Waals surface area contributed by atoms with Gasteiger partial charge in [-0.05, 0) is 0 Å². The second-order valence-corrected chi connectivity index (χ2v) is 0.707. The highest BCUT2D eigenvalue weighted by Gasteiger charge is 1.35. The first-order valence-electron chi connectivity index (χ1n) is 3.41. The van der Waals surface area contributed by atoms with Crippen LogP contribution in [0.15, 0.2) is 0 Å². The summed E-state index contributed by atoms with van der Waals surface area (Å²) in [6.45, 7) is 12.2. The minimum absolute atomic E-state index is 0. The summed E-state index contributed by atoms with van der Waals surface area (Å²) in [6, 6.07) is 0. The smallest absolute Gasteiger partial charge is 0.0590 e. The molecule has 0 radical (unpaired) electrons. The zero-order valence-electron chi connectivity index (χ0n) is 7.21. The molecule has 8 heavy (non-hydrogen) atoms. The quantitative estimate of drug-likeness (QED) is 0.480. The second kappa shape index (κ2) is 163. The Hall–Kier alpha value is 0.350. The van der Waals surface area contributed by atoms with Crippen molar-refractivity contribution >= 4 is 13.5 Å². The van der Waals surface area contributed by atoms with E-state index in [2.05, 4.69) is 13.8 Å². The maximum Gasteiger partial charge on any atom is -0.0590 e. The Morgan fingerprint density at radius 1 is 0.750 bits per heavy atom. The molecule has 0 nitrogen and oxygen atoms in total. The van der Waals surface area contributed by atoms with E-state index in [1.165, 1.54) is 6.42 Å². The largest absolute Gasteiger partial charge is 0.197 e. The molecule has 0 fully saturated rings. The van der Waals surface area contributed by atoms with Crippen molar-refractivity contribution < 1.29 is 0 Å². The van der Waals surface area contributed by atoms with E-state index in [9.17, 15) is 0 Å². The van der Waals surface area contributed by atoms with E-state index in [1.807, 2.05) is 27.7 Å². The predicted molar refractivity (Wildman–Crippen MR) is 49.0 cm³/mol. The molecule has 0 unspecified atom stereocenters. The average Bonchev–Trinajstić information content (AvgIpc) is 1.78. The van der Waals surface area contributed by atoms with Crippen LogP contribution < -0.4 is 0 Å². The third kappa shape index (κ3) is 1480. The van der Waals surface area contributed by atoms with Crippen molar-refractivity contribution in [1.82, 2.24) is 0 Å². The van der Waals surface area contributed by atoms with Crippen LogP contribution in [0.5, 0.6) is 0 Å². The third-order valence-corrected chi connectivity index (χ3v) is 0. The molecule has 0 rings (SSSR count). The fourth-order valence-corrected chi connectivity index (χ4v) is 0. The van der Waals surface area contributed by atoms with Gasteiger partial charge in [-0.25, -0.2) is 0 Å². The molecular formula is C7H22S. The zero-order valence-corrected chi connectivity index (χ0v) is 8.21. The highest BCUT2D eigenvalue weighted by atomic mass is 32.1. The van der Waals surface area contributed by atoms with Crippen LogP contribution in [0.2, 0.25) is 0 Å². The summed E-state index contributed by atoms with van der Waals surface area (Å²) in [7, 11) is 0. The van der Waals surface area contributed by atoms with Gasteiger partial charge in [0.25, 0.3) is 0 Å². The minimum atomic E-state index is 0. The molecule has 0 spiro atoms. The van der Waals surface area contributed by atoms with Gasteiger partial charge in [-0.1, -0.05) is 48.0 Å². The number of rotatable bonds is 0. The highest BCUT2D eigenvalue weighted by molar-refractivity contribution is 7.59. The second-order valence-electron chi connectivity index (χ2n) is 0.707. The Labute approximate surface area is 62.1 Å². The van der Waals surface area contributed by atoms with Crippen molar-refractivity contribution in [1.29, 1.82) is 0 Å². The molecule has 0 aliphatic heterocycles. The van der Waals surface area contributed by atoms with E-state index in [0.717, 1.165) is 0 Å². The van der Waals surface area contributed by atoms with Gasteiger partial charge in [0.2, 0.25) is 0 Å². The Kier molecular flexibility index (Phi) is 485. The summed E-state index contributed by atoms with van der Waals surface area (Å²) in [5.41, 5.74) is 0. The molecular weight excluding hydrogens is 116 g/mol. The van der Waals surface area contributed by atoms with Crippen molar-refractivity contribution in [3.63, 3.8) is 0 Å². The van der Waals surface area contributed by atoms with E-state index < -0.39 is 0 Å². The molecule has 0 aromatic rings. The lowest BCUT2D eigenvalue weighted by molar-refractivity contribution is 1.09. The first-order chi connectivity index (χ1) is 3.41. The van der Waals surface area contributed by atoms with Gasteiger partial charge in [-0.2, -0.15) is 13.5 Å². The molecule has 0 bridgehead atoms. The molecule has 0 amide bonds. The van der Waals surface area contributed by atoms with Crippen LogP contribution in [0.4, 0.5) is 0 Å². The Bertz CT molecular complexity index is 4.35. The van der Waals surface area contributed by atoms with Crippen LogP contribution in [0.25, 0.3) is 0 Å². The zero-order chi connectivity index (χ0) is 6.71. The Morgan fingerprint density at radius 2 is 0.750 bits per heavy atom. The summed E-state index contributed by atoms with van der Waals surface area (Å²) in [5.74, 6) is 0. The van der Waals surface area contributed by atoms with Gasteiger partial charge in [-0.15, -0.1) is 0 Å². The predicted octanol–water partition coefficient (Wildman–Crippen LogP) is 3.58. The minimum Gasteiger partial charge on any atom is -0.197 e. The maximum absolute atomic E-state index is 2.12. The molecule has 0 atom stereocenters. The third-order valence-electron chi connectivity index (χ3n) is 0. The van der Waals surface area contributed by atoms with Gasteiger partial charge in [-0.3, -0.25) is 0 Å². The molecule has 0 aliphatic rings. The Morgan fingerprint density at radius 3 is 0.750 bits per heavy atom. The summed E-state index contributed by atoms with van der Waals surface area (Å²) < 4.78 is 0. The fourth-order valence-electron chi connectivity index (χ4n) is 0. The van der Waals surface area contributed by atoms with Crippen molar-refractivity contribution in [3.8, 4) is 0 Å². The average molecular weight is 138 g/mol. The molecule has 0 saturated carbocycles. The molecule has 1 heteroatoms. The van der Waals surface area contributed by atoms with Crippen molar-refractivity contribution in [2.75, 3.05) is 0 Å². The van der Waals surface area contributed by atoms with E-state index in [0.29, 0.717) is 0 Å². The van der Waals surface area contributed by atoms with E-state index >= 15 is 0 Å². The Balaban J connectivity index is -0.0000000147. The summed E-state index contributed by atoms with van der Waals surface area (Å²) >= 11 is 0. The summed E-state index contributed by atoms with van der Waals surface area (Å²) in [6.07, 6.45) is 1.25. The molecule has 0 aliphatic carbocycles. The van der Waals surface area contributed by atoms with Crippen LogP contribution in [-0.2, 0) is 0 Å². The summed E-state index contributed by atoms with van der Waals surface area (Å²) in [5, 5.41) is 0. The van der Waals surface area contributed by atoms with Gasteiger partial charge < -0.3 is 0 Å². The van der Waals surface area contributed by atoms with Crippen LogP contribution in [-0.4, -0.2) is 0 Å². The normalized spacial score (nSPS) is 3.75. The lowest BCUT2D eigenvalue weighted by atomic mass is 10.6. The lowest BCUT2D eigenvalue weighted by Crippen LogP contribution is -1.27. The standard InChI is InChI=1S/C3H8.2C2H6.H2S/c1-3-2;2*1-2;/h3H2,1-2H3;2*1-2H3;1H2. The van der Waals surface area contributed by atoms with E-state index in [4.69, 9.17) is 0 Å². The van der Waals surface area contributed by atoms with Crippen molar-refractivity contribution in [2.24, 2.45) is 0 Å². The van der Waals surface area contributed by atoms with Crippen LogP contribution in [0, 0.1) is 0 Å². The highest BCUT2D eigenvalue weighted by Crippen LogP contribution is 1.56. The summed E-state index contributed by atoms with van der Waals surface area (Å²) in [4.78, 5) is 0. The lowest BCUT2D eigenvalue weighted by Gasteiger charge is -1.48. The molecule has 0 N–H and O–H groups in total.